The van der Waals surface area contributed by atoms with Crippen molar-refractivity contribution in [3.63, 3.8) is 0 Å². The van der Waals surface area contributed by atoms with E-state index in [2.05, 4.69) is 57.0 Å². The molecule has 1 aromatic heterocycles. The minimum absolute atomic E-state index is 0.488. The highest BCUT2D eigenvalue weighted by Gasteiger charge is 2.24. The predicted octanol–water partition coefficient (Wildman–Crippen LogP) is 1.77. The van der Waals surface area contributed by atoms with Crippen LogP contribution in [0.25, 0.3) is 0 Å². The minimum Gasteiger partial charge on any atom is -0.384 e. The van der Waals surface area contributed by atoms with E-state index in [0.717, 1.165) is 38.5 Å². The van der Waals surface area contributed by atoms with Gasteiger partial charge < -0.3 is 5.73 Å². The molecule has 2 heterocycles. The largest absolute Gasteiger partial charge is 0.384 e. The summed E-state index contributed by atoms with van der Waals surface area (Å²) in [6.45, 7) is 7.23. The highest BCUT2D eigenvalue weighted by molar-refractivity contribution is 5.25. The molecule has 22 heavy (non-hydrogen) atoms. The third-order valence-electron chi connectivity index (χ3n) is 4.17. The number of nitrogen functional groups attached to an aromatic ring is 1. The monoisotopic (exact) mass is 297 g/mol. The second-order valence-electron chi connectivity index (χ2n) is 5.94. The van der Waals surface area contributed by atoms with Crippen LogP contribution in [0.5, 0.6) is 0 Å². The van der Waals surface area contributed by atoms with E-state index >= 15 is 0 Å². The quantitative estimate of drug-likeness (QED) is 0.932. The molecule has 116 valence electrons. The minimum atomic E-state index is 0.488. The summed E-state index contributed by atoms with van der Waals surface area (Å²) < 4.78 is 0. The average molecular weight is 297 g/mol. The molecule has 0 spiro atoms. The predicted molar refractivity (Wildman–Crippen MR) is 88.0 cm³/mol. The first-order valence-electron chi connectivity index (χ1n) is 7.78. The van der Waals surface area contributed by atoms with Crippen LogP contribution in [0.4, 0.5) is 5.82 Å². The van der Waals surface area contributed by atoms with Crippen molar-refractivity contribution in [2.24, 2.45) is 0 Å². The molecular weight excluding hydrogens is 274 g/mol. The summed E-state index contributed by atoms with van der Waals surface area (Å²) >= 11 is 0. The molecule has 1 saturated heterocycles. The lowest BCUT2D eigenvalue weighted by Gasteiger charge is -2.39. The van der Waals surface area contributed by atoms with Gasteiger partial charge in [-0.15, -0.1) is 0 Å². The van der Waals surface area contributed by atoms with Crippen LogP contribution in [0.15, 0.2) is 42.6 Å². The van der Waals surface area contributed by atoms with Crippen molar-refractivity contribution in [1.82, 2.24) is 19.8 Å². The molecule has 1 unspecified atom stereocenters. The molecule has 3 rings (SSSR count). The lowest BCUT2D eigenvalue weighted by atomic mass is 10.1. The molecule has 0 amide bonds. The van der Waals surface area contributed by atoms with Gasteiger partial charge in [-0.1, -0.05) is 30.3 Å². The van der Waals surface area contributed by atoms with Crippen molar-refractivity contribution in [3.8, 4) is 0 Å². The van der Waals surface area contributed by atoms with Crippen LogP contribution in [0.2, 0.25) is 0 Å². The maximum atomic E-state index is 5.73. The van der Waals surface area contributed by atoms with E-state index in [0.29, 0.717) is 11.9 Å². The first-order chi connectivity index (χ1) is 10.7. The number of hydrogen-bond donors (Lipinski definition) is 1. The Kier molecular flexibility index (Phi) is 4.65. The molecular formula is C17H23N5. The highest BCUT2D eigenvalue weighted by Crippen LogP contribution is 2.15. The van der Waals surface area contributed by atoms with Crippen molar-refractivity contribution >= 4 is 5.82 Å². The number of aromatic nitrogens is 2. The SMILES string of the molecule is CC1CN(Cc2ccccc2)CCN1Cc1nccc(N)n1. The zero-order chi connectivity index (χ0) is 15.4. The van der Waals surface area contributed by atoms with Crippen LogP contribution in [0.1, 0.15) is 18.3 Å². The first-order valence-corrected chi connectivity index (χ1v) is 7.78. The standard InChI is InChI=1S/C17H23N5/c1-14-11-21(12-15-5-3-2-4-6-15)9-10-22(14)13-17-19-8-7-16(18)20-17/h2-8,14H,9-13H2,1H3,(H2,18,19,20). The number of nitrogens with two attached hydrogens (primary N) is 1. The number of rotatable bonds is 4. The molecule has 1 aliphatic heterocycles. The van der Waals surface area contributed by atoms with Gasteiger partial charge in [0.1, 0.15) is 11.6 Å². The second kappa shape index (κ2) is 6.85. The summed E-state index contributed by atoms with van der Waals surface area (Å²) in [6, 6.07) is 12.9. The van der Waals surface area contributed by atoms with Crippen molar-refractivity contribution in [2.45, 2.75) is 26.1 Å². The number of hydrogen-bond acceptors (Lipinski definition) is 5. The number of benzene rings is 1. The zero-order valence-corrected chi connectivity index (χ0v) is 13.0. The molecule has 0 bridgehead atoms. The molecule has 2 N–H and O–H groups in total. The Morgan fingerprint density at radius 3 is 2.68 bits per heavy atom. The number of piperazine rings is 1. The molecule has 1 aliphatic rings. The van der Waals surface area contributed by atoms with Gasteiger partial charge in [0, 0.05) is 38.4 Å². The Labute approximate surface area is 131 Å². The fourth-order valence-electron chi connectivity index (χ4n) is 2.96. The Morgan fingerprint density at radius 2 is 1.95 bits per heavy atom. The van der Waals surface area contributed by atoms with Crippen LogP contribution in [-0.4, -0.2) is 45.4 Å². The van der Waals surface area contributed by atoms with E-state index < -0.39 is 0 Å². The van der Waals surface area contributed by atoms with Crippen LogP contribution in [0.3, 0.4) is 0 Å². The molecule has 0 radical (unpaired) electrons. The lowest BCUT2D eigenvalue weighted by Crippen LogP contribution is -2.51. The van der Waals surface area contributed by atoms with Gasteiger partial charge in [-0.05, 0) is 18.6 Å². The zero-order valence-electron chi connectivity index (χ0n) is 13.0. The Hall–Kier alpha value is -1.98. The summed E-state index contributed by atoms with van der Waals surface area (Å²) in [5, 5.41) is 0. The van der Waals surface area contributed by atoms with Crippen molar-refractivity contribution < 1.29 is 0 Å². The second-order valence-corrected chi connectivity index (χ2v) is 5.94. The van der Waals surface area contributed by atoms with Crippen molar-refractivity contribution in [1.29, 1.82) is 0 Å². The number of nitrogens with zero attached hydrogens (tertiary/aromatic N) is 4. The van der Waals surface area contributed by atoms with Crippen LogP contribution >= 0.6 is 0 Å². The molecule has 0 saturated carbocycles. The maximum absolute atomic E-state index is 5.73. The topological polar surface area (TPSA) is 58.3 Å². The maximum Gasteiger partial charge on any atom is 0.144 e. The summed E-state index contributed by atoms with van der Waals surface area (Å²) in [5.74, 6) is 1.35. The Morgan fingerprint density at radius 1 is 1.14 bits per heavy atom. The highest BCUT2D eigenvalue weighted by atomic mass is 15.3. The fourth-order valence-corrected chi connectivity index (χ4v) is 2.96. The van der Waals surface area contributed by atoms with E-state index in [1.807, 2.05) is 0 Å². The fraction of sp³-hybridized carbons (Fsp3) is 0.412. The van der Waals surface area contributed by atoms with E-state index in [1.54, 1.807) is 12.3 Å². The van der Waals surface area contributed by atoms with Gasteiger partial charge in [-0.2, -0.15) is 0 Å². The van der Waals surface area contributed by atoms with Crippen molar-refractivity contribution in [3.05, 3.63) is 54.0 Å². The molecule has 1 fully saturated rings. The van der Waals surface area contributed by atoms with Gasteiger partial charge in [-0.3, -0.25) is 9.80 Å². The van der Waals surface area contributed by atoms with Crippen LogP contribution in [-0.2, 0) is 13.1 Å². The van der Waals surface area contributed by atoms with Gasteiger partial charge in [0.25, 0.3) is 0 Å². The molecule has 1 atom stereocenters. The molecule has 1 aromatic carbocycles. The van der Waals surface area contributed by atoms with Crippen LogP contribution < -0.4 is 5.73 Å². The normalized spacial score (nSPS) is 20.1. The average Bonchev–Trinajstić information content (AvgIpc) is 2.51. The smallest absolute Gasteiger partial charge is 0.144 e. The van der Waals surface area contributed by atoms with Gasteiger partial charge >= 0.3 is 0 Å². The lowest BCUT2D eigenvalue weighted by molar-refractivity contribution is 0.0713. The van der Waals surface area contributed by atoms with Crippen LogP contribution in [0, 0.1) is 0 Å². The van der Waals surface area contributed by atoms with E-state index in [4.69, 9.17) is 5.73 Å². The van der Waals surface area contributed by atoms with E-state index in [1.165, 1.54) is 5.56 Å². The Bertz CT molecular complexity index is 601. The summed E-state index contributed by atoms with van der Waals surface area (Å²) in [7, 11) is 0. The van der Waals surface area contributed by atoms with Gasteiger partial charge in [0.15, 0.2) is 0 Å². The molecule has 5 nitrogen and oxygen atoms in total. The summed E-state index contributed by atoms with van der Waals surface area (Å²) in [4.78, 5) is 13.5. The third-order valence-corrected chi connectivity index (χ3v) is 4.17. The Balaban J connectivity index is 1.56. The molecule has 0 aliphatic carbocycles. The molecule has 2 aromatic rings. The van der Waals surface area contributed by atoms with Crippen molar-refractivity contribution in [2.75, 3.05) is 25.4 Å². The summed E-state index contributed by atoms with van der Waals surface area (Å²) in [6.07, 6.45) is 1.73. The third kappa shape index (κ3) is 3.81. The molecule has 5 heteroatoms. The van der Waals surface area contributed by atoms with E-state index in [9.17, 15) is 0 Å². The number of anilines is 1. The van der Waals surface area contributed by atoms with Gasteiger partial charge in [0.2, 0.25) is 0 Å². The van der Waals surface area contributed by atoms with Gasteiger partial charge in [-0.25, -0.2) is 9.97 Å². The first kappa shape index (κ1) is 14.9. The summed E-state index contributed by atoms with van der Waals surface area (Å²) in [5.41, 5.74) is 7.11. The van der Waals surface area contributed by atoms with E-state index in [-0.39, 0.29) is 0 Å². The van der Waals surface area contributed by atoms with Gasteiger partial charge in [0.05, 0.1) is 6.54 Å².